The smallest absolute Gasteiger partial charge is 0.225 e. The van der Waals surface area contributed by atoms with Crippen LogP contribution in [0.15, 0.2) is 24.3 Å². The van der Waals surface area contributed by atoms with Gasteiger partial charge in [0.05, 0.1) is 6.61 Å². The summed E-state index contributed by atoms with van der Waals surface area (Å²) in [6.45, 7) is 3.09. The highest BCUT2D eigenvalue weighted by Crippen LogP contribution is 2.19. The van der Waals surface area contributed by atoms with Gasteiger partial charge in [0.25, 0.3) is 0 Å². The van der Waals surface area contributed by atoms with E-state index in [9.17, 15) is 4.79 Å². The Hall–Kier alpha value is -1.30. The van der Waals surface area contributed by atoms with Gasteiger partial charge in [-0.2, -0.15) is 0 Å². The van der Waals surface area contributed by atoms with Crippen LogP contribution in [0.5, 0.6) is 5.75 Å². The molecule has 0 radical (unpaired) electrons. The number of nitrogens with one attached hydrogen (secondary N) is 2. The van der Waals surface area contributed by atoms with Crippen LogP contribution in [0.4, 0.5) is 5.69 Å². The number of carbonyl (C=O) groups is 1. The van der Waals surface area contributed by atoms with Gasteiger partial charge in [0.2, 0.25) is 5.91 Å². The summed E-state index contributed by atoms with van der Waals surface area (Å²) in [6, 6.07) is 7.53. The number of halogens is 1. The van der Waals surface area contributed by atoms with E-state index in [4.69, 9.17) is 9.47 Å². The SMILES string of the molecule is CNCCC(=O)Nc1ccc(OCC2CCOCC2)cc1.Cl. The summed E-state index contributed by atoms with van der Waals surface area (Å²) in [5.41, 5.74) is 0.800. The van der Waals surface area contributed by atoms with E-state index in [1.54, 1.807) is 0 Å². The van der Waals surface area contributed by atoms with Gasteiger partial charge in [0, 0.05) is 31.9 Å². The van der Waals surface area contributed by atoms with E-state index in [1.165, 1.54) is 0 Å². The molecule has 0 atom stereocenters. The summed E-state index contributed by atoms with van der Waals surface area (Å²) in [6.07, 6.45) is 2.61. The quantitative estimate of drug-likeness (QED) is 0.807. The Morgan fingerprint density at radius 2 is 1.95 bits per heavy atom. The van der Waals surface area contributed by atoms with Crippen molar-refractivity contribution in [1.29, 1.82) is 0 Å². The summed E-state index contributed by atoms with van der Waals surface area (Å²) in [7, 11) is 1.83. The van der Waals surface area contributed by atoms with Crippen LogP contribution in [0.1, 0.15) is 19.3 Å². The molecule has 2 N–H and O–H groups in total. The fourth-order valence-electron chi connectivity index (χ4n) is 2.22. The second kappa shape index (κ2) is 10.4. The molecule has 1 fully saturated rings. The average molecular weight is 329 g/mol. The van der Waals surface area contributed by atoms with Gasteiger partial charge < -0.3 is 20.1 Å². The highest BCUT2D eigenvalue weighted by Gasteiger charge is 2.14. The molecule has 0 spiro atoms. The number of ether oxygens (including phenoxy) is 2. The van der Waals surface area contributed by atoms with Crippen molar-refractivity contribution in [1.82, 2.24) is 5.32 Å². The molecule has 2 rings (SSSR count). The number of benzene rings is 1. The van der Waals surface area contributed by atoms with E-state index in [1.807, 2.05) is 31.3 Å². The maximum atomic E-state index is 11.6. The summed E-state index contributed by atoms with van der Waals surface area (Å²) in [5.74, 6) is 1.44. The van der Waals surface area contributed by atoms with Crippen LogP contribution in [-0.4, -0.2) is 39.3 Å². The van der Waals surface area contributed by atoms with Crippen molar-refractivity contribution >= 4 is 24.0 Å². The van der Waals surface area contributed by atoms with Crippen molar-refractivity contribution in [2.45, 2.75) is 19.3 Å². The number of hydrogen-bond donors (Lipinski definition) is 2. The number of carbonyl (C=O) groups excluding carboxylic acids is 1. The van der Waals surface area contributed by atoms with Gasteiger partial charge in [-0.1, -0.05) is 0 Å². The monoisotopic (exact) mass is 328 g/mol. The normalized spacial score (nSPS) is 15.0. The lowest BCUT2D eigenvalue weighted by Crippen LogP contribution is -2.21. The molecule has 1 saturated heterocycles. The summed E-state index contributed by atoms with van der Waals surface area (Å²) in [5, 5.41) is 5.81. The van der Waals surface area contributed by atoms with Crippen LogP contribution in [0.25, 0.3) is 0 Å². The first kappa shape index (κ1) is 18.7. The van der Waals surface area contributed by atoms with Crippen molar-refractivity contribution in [2.75, 3.05) is 38.7 Å². The molecule has 1 aliphatic rings. The van der Waals surface area contributed by atoms with Gasteiger partial charge in [-0.25, -0.2) is 0 Å². The van der Waals surface area contributed by atoms with E-state index in [2.05, 4.69) is 10.6 Å². The lowest BCUT2D eigenvalue weighted by Gasteiger charge is -2.22. The Morgan fingerprint density at radius 3 is 2.59 bits per heavy atom. The van der Waals surface area contributed by atoms with Gasteiger partial charge >= 0.3 is 0 Å². The highest BCUT2D eigenvalue weighted by atomic mass is 35.5. The van der Waals surface area contributed by atoms with Crippen molar-refractivity contribution in [2.24, 2.45) is 5.92 Å². The molecule has 5 nitrogen and oxygen atoms in total. The number of anilines is 1. The minimum absolute atomic E-state index is 0. The highest BCUT2D eigenvalue weighted by molar-refractivity contribution is 5.90. The van der Waals surface area contributed by atoms with Crippen LogP contribution in [0.2, 0.25) is 0 Å². The van der Waals surface area contributed by atoms with Gasteiger partial charge in [-0.15, -0.1) is 12.4 Å². The Kier molecular flexibility index (Phi) is 8.89. The van der Waals surface area contributed by atoms with E-state index >= 15 is 0 Å². The molecule has 1 aliphatic heterocycles. The molecule has 6 heteroatoms. The molecule has 1 amide bonds. The van der Waals surface area contributed by atoms with Crippen molar-refractivity contribution in [3.8, 4) is 5.75 Å². The second-order valence-electron chi connectivity index (χ2n) is 5.29. The molecule has 0 aromatic heterocycles. The third-order valence-electron chi connectivity index (χ3n) is 3.57. The lowest BCUT2D eigenvalue weighted by molar-refractivity contribution is -0.116. The average Bonchev–Trinajstić information content (AvgIpc) is 2.53. The molecule has 1 heterocycles. The maximum Gasteiger partial charge on any atom is 0.225 e. The molecule has 0 unspecified atom stereocenters. The molecule has 124 valence electrons. The summed E-state index contributed by atoms with van der Waals surface area (Å²) >= 11 is 0. The predicted octanol–water partition coefficient (Wildman–Crippen LogP) is 2.46. The molecule has 0 saturated carbocycles. The zero-order valence-electron chi connectivity index (χ0n) is 13.0. The number of rotatable bonds is 7. The predicted molar refractivity (Wildman–Crippen MR) is 89.9 cm³/mol. The molecule has 1 aromatic carbocycles. The molecule has 22 heavy (non-hydrogen) atoms. The third-order valence-corrected chi connectivity index (χ3v) is 3.57. The van der Waals surface area contributed by atoms with Crippen LogP contribution < -0.4 is 15.4 Å². The summed E-state index contributed by atoms with van der Waals surface area (Å²) in [4.78, 5) is 11.6. The van der Waals surface area contributed by atoms with Crippen molar-refractivity contribution in [3.05, 3.63) is 24.3 Å². The van der Waals surface area contributed by atoms with E-state index in [-0.39, 0.29) is 18.3 Å². The Labute approximate surface area is 138 Å². The number of hydrogen-bond acceptors (Lipinski definition) is 4. The van der Waals surface area contributed by atoms with Crippen molar-refractivity contribution < 1.29 is 14.3 Å². The minimum atomic E-state index is 0. The van der Waals surface area contributed by atoms with E-state index < -0.39 is 0 Å². The first-order valence-corrected chi connectivity index (χ1v) is 7.53. The van der Waals surface area contributed by atoms with Crippen LogP contribution in [0.3, 0.4) is 0 Å². The largest absolute Gasteiger partial charge is 0.493 e. The molecule has 0 bridgehead atoms. The zero-order chi connectivity index (χ0) is 14.9. The molecule has 0 aliphatic carbocycles. The minimum Gasteiger partial charge on any atom is -0.493 e. The molecular formula is C16H25ClN2O3. The van der Waals surface area contributed by atoms with E-state index in [0.717, 1.165) is 44.1 Å². The zero-order valence-corrected chi connectivity index (χ0v) is 13.8. The van der Waals surface area contributed by atoms with Gasteiger partial charge in [0.15, 0.2) is 0 Å². The fraction of sp³-hybridized carbons (Fsp3) is 0.562. The van der Waals surface area contributed by atoms with Crippen LogP contribution >= 0.6 is 12.4 Å². The maximum absolute atomic E-state index is 11.6. The third kappa shape index (κ3) is 6.64. The topological polar surface area (TPSA) is 59.6 Å². The second-order valence-corrected chi connectivity index (χ2v) is 5.29. The molecule has 1 aromatic rings. The fourth-order valence-corrected chi connectivity index (χ4v) is 2.22. The first-order chi connectivity index (χ1) is 10.3. The van der Waals surface area contributed by atoms with Gasteiger partial charge in [-0.3, -0.25) is 4.79 Å². The Balaban J connectivity index is 0.00000242. The van der Waals surface area contributed by atoms with Crippen molar-refractivity contribution in [3.63, 3.8) is 0 Å². The summed E-state index contributed by atoms with van der Waals surface area (Å²) < 4.78 is 11.1. The Morgan fingerprint density at radius 1 is 1.27 bits per heavy atom. The Bertz CT molecular complexity index is 434. The van der Waals surface area contributed by atoms with Crippen LogP contribution in [-0.2, 0) is 9.53 Å². The van der Waals surface area contributed by atoms with E-state index in [0.29, 0.717) is 18.9 Å². The van der Waals surface area contributed by atoms with Gasteiger partial charge in [-0.05, 0) is 50.1 Å². The van der Waals surface area contributed by atoms with Crippen LogP contribution in [0, 0.1) is 5.92 Å². The lowest BCUT2D eigenvalue weighted by atomic mass is 10.0. The standard InChI is InChI=1S/C16H24N2O3.ClH/c1-17-9-6-16(19)18-14-2-4-15(5-3-14)21-12-13-7-10-20-11-8-13;/h2-5,13,17H,6-12H2,1H3,(H,18,19);1H. The van der Waals surface area contributed by atoms with Gasteiger partial charge in [0.1, 0.15) is 5.75 Å². The number of amides is 1. The first-order valence-electron chi connectivity index (χ1n) is 7.53. The molecular weight excluding hydrogens is 304 g/mol.